The van der Waals surface area contributed by atoms with Gasteiger partial charge in [-0.2, -0.15) is 5.26 Å². The highest BCUT2D eigenvalue weighted by atomic mass is 32.2. The molecule has 0 amide bonds. The zero-order valence-corrected chi connectivity index (χ0v) is 13.4. The summed E-state index contributed by atoms with van der Waals surface area (Å²) < 4.78 is 0. The van der Waals surface area contributed by atoms with E-state index in [9.17, 15) is 10.1 Å². The Morgan fingerprint density at radius 2 is 2.38 bits per heavy atom. The summed E-state index contributed by atoms with van der Waals surface area (Å²) in [5.74, 6) is 0.921. The molecular weight excluding hydrogens is 300 g/mol. The second-order valence-electron chi connectivity index (χ2n) is 5.03. The van der Waals surface area contributed by atoms with E-state index in [0.29, 0.717) is 12.0 Å². The highest BCUT2D eigenvalue weighted by molar-refractivity contribution is 8.03. The maximum atomic E-state index is 12.4. The van der Waals surface area contributed by atoms with Gasteiger partial charge in [-0.1, -0.05) is 13.0 Å². The van der Waals surface area contributed by atoms with E-state index in [4.69, 9.17) is 0 Å². The van der Waals surface area contributed by atoms with Gasteiger partial charge < -0.3 is 5.32 Å². The number of dihydropyridines is 1. The maximum Gasteiger partial charge on any atom is 0.161 e. The Hall–Kier alpha value is -1.51. The fraction of sp³-hybridized carbons (Fsp3) is 0.375. The molecule has 0 fully saturated rings. The Kier molecular flexibility index (Phi) is 4.18. The predicted molar refractivity (Wildman–Crippen MR) is 86.9 cm³/mol. The second-order valence-corrected chi connectivity index (χ2v) is 7.28. The standard InChI is InChI=1S/C16H16N2OS2/c1-2-20-16-10(9-17)14(13-7-4-8-21-13)15-11(18-16)5-3-6-12(15)19/h4,7-8,14,18H,2-3,5-6H2,1H3/t14-/m1/s1. The van der Waals surface area contributed by atoms with Crippen LogP contribution in [0.2, 0.25) is 0 Å². The fourth-order valence-electron chi connectivity index (χ4n) is 2.92. The van der Waals surface area contributed by atoms with Gasteiger partial charge in [0.1, 0.15) is 0 Å². The lowest BCUT2D eigenvalue weighted by molar-refractivity contribution is -0.116. The average molecular weight is 316 g/mol. The minimum Gasteiger partial charge on any atom is -0.352 e. The SMILES string of the molecule is CCSC1=C(C#N)[C@H](c2cccs2)C2=C(CCCC2=O)N1. The van der Waals surface area contributed by atoms with Crippen LogP contribution in [0.3, 0.4) is 0 Å². The van der Waals surface area contributed by atoms with Crippen molar-refractivity contribution >= 4 is 28.9 Å². The first-order chi connectivity index (χ1) is 10.3. The van der Waals surface area contributed by atoms with Crippen LogP contribution >= 0.6 is 23.1 Å². The third kappa shape index (κ3) is 2.54. The molecule has 0 aromatic carbocycles. The van der Waals surface area contributed by atoms with Crippen LogP contribution < -0.4 is 5.32 Å². The maximum absolute atomic E-state index is 12.4. The number of Topliss-reactive ketones (excluding diaryl/α,β-unsaturated/α-hetero) is 1. The van der Waals surface area contributed by atoms with Gasteiger partial charge in [0.2, 0.25) is 0 Å². The van der Waals surface area contributed by atoms with Crippen LogP contribution in [0, 0.1) is 11.3 Å². The molecule has 0 unspecified atom stereocenters. The molecule has 0 saturated carbocycles. The number of allylic oxidation sites excluding steroid dienone is 3. The molecule has 1 aromatic heterocycles. The Labute approximate surface area is 132 Å². The molecule has 0 radical (unpaired) electrons. The molecule has 108 valence electrons. The molecule has 2 aliphatic rings. The van der Waals surface area contributed by atoms with E-state index in [1.165, 1.54) is 0 Å². The predicted octanol–water partition coefficient (Wildman–Crippen LogP) is 3.93. The van der Waals surface area contributed by atoms with Crippen molar-refractivity contribution in [3.63, 3.8) is 0 Å². The molecule has 1 N–H and O–H groups in total. The number of thiophene rings is 1. The van der Waals surface area contributed by atoms with E-state index in [2.05, 4.69) is 18.3 Å². The molecule has 0 bridgehead atoms. The van der Waals surface area contributed by atoms with E-state index in [-0.39, 0.29) is 11.7 Å². The van der Waals surface area contributed by atoms with Gasteiger partial charge in [0, 0.05) is 22.6 Å². The number of thioether (sulfide) groups is 1. The van der Waals surface area contributed by atoms with Crippen LogP contribution in [-0.2, 0) is 4.79 Å². The Balaban J connectivity index is 2.15. The molecule has 1 aliphatic carbocycles. The molecule has 5 heteroatoms. The zero-order chi connectivity index (χ0) is 14.8. The first-order valence-electron chi connectivity index (χ1n) is 7.10. The largest absolute Gasteiger partial charge is 0.352 e. The van der Waals surface area contributed by atoms with Crippen molar-refractivity contribution < 1.29 is 4.79 Å². The number of nitrogens with zero attached hydrogens (tertiary/aromatic N) is 1. The molecule has 3 rings (SSSR count). The first kappa shape index (κ1) is 14.4. The number of carbonyl (C=O) groups excluding carboxylic acids is 1. The summed E-state index contributed by atoms with van der Waals surface area (Å²) in [5.41, 5.74) is 2.54. The minimum absolute atomic E-state index is 0.173. The number of rotatable bonds is 3. The van der Waals surface area contributed by atoms with Crippen molar-refractivity contribution in [1.29, 1.82) is 5.26 Å². The summed E-state index contributed by atoms with van der Waals surface area (Å²) in [6.07, 6.45) is 2.39. The number of nitrogens with one attached hydrogen (secondary N) is 1. The van der Waals surface area contributed by atoms with Crippen LogP contribution in [0.25, 0.3) is 0 Å². The van der Waals surface area contributed by atoms with Crippen LogP contribution in [0.1, 0.15) is 37.0 Å². The van der Waals surface area contributed by atoms with E-state index < -0.39 is 0 Å². The molecule has 2 heterocycles. The van der Waals surface area contributed by atoms with E-state index in [1.807, 2.05) is 17.5 Å². The number of carbonyl (C=O) groups is 1. The highest BCUT2D eigenvalue weighted by Gasteiger charge is 2.37. The quantitative estimate of drug-likeness (QED) is 0.918. The van der Waals surface area contributed by atoms with Gasteiger partial charge in [-0.05, 0) is 30.0 Å². The van der Waals surface area contributed by atoms with E-state index in [0.717, 1.165) is 39.8 Å². The van der Waals surface area contributed by atoms with Gasteiger partial charge >= 0.3 is 0 Å². The van der Waals surface area contributed by atoms with Crippen LogP contribution in [0.4, 0.5) is 0 Å². The second kappa shape index (κ2) is 6.08. The first-order valence-corrected chi connectivity index (χ1v) is 8.96. The lowest BCUT2D eigenvalue weighted by Gasteiger charge is -2.32. The zero-order valence-electron chi connectivity index (χ0n) is 11.8. The van der Waals surface area contributed by atoms with Crippen molar-refractivity contribution in [1.82, 2.24) is 5.32 Å². The topological polar surface area (TPSA) is 52.9 Å². The Bertz CT molecular complexity index is 665. The van der Waals surface area contributed by atoms with Crippen molar-refractivity contribution in [2.75, 3.05) is 5.75 Å². The Morgan fingerprint density at radius 1 is 1.52 bits per heavy atom. The molecule has 1 aromatic rings. The van der Waals surface area contributed by atoms with Gasteiger partial charge in [-0.15, -0.1) is 23.1 Å². The van der Waals surface area contributed by atoms with Gasteiger partial charge in [0.05, 0.1) is 22.6 Å². The third-order valence-electron chi connectivity index (χ3n) is 3.78. The van der Waals surface area contributed by atoms with Gasteiger partial charge in [0.25, 0.3) is 0 Å². The van der Waals surface area contributed by atoms with Crippen molar-refractivity contribution in [3.05, 3.63) is 44.3 Å². The average Bonchev–Trinajstić information content (AvgIpc) is 3.00. The normalized spacial score (nSPS) is 21.9. The lowest BCUT2D eigenvalue weighted by Crippen LogP contribution is -2.31. The van der Waals surface area contributed by atoms with Crippen LogP contribution in [0.5, 0.6) is 0 Å². The van der Waals surface area contributed by atoms with E-state index in [1.54, 1.807) is 23.1 Å². The minimum atomic E-state index is -0.173. The fourth-order valence-corrected chi connectivity index (χ4v) is 4.57. The number of hydrogen-bond acceptors (Lipinski definition) is 5. The van der Waals surface area contributed by atoms with E-state index >= 15 is 0 Å². The monoisotopic (exact) mass is 316 g/mol. The number of nitriles is 1. The molecule has 0 spiro atoms. The van der Waals surface area contributed by atoms with Gasteiger partial charge in [-0.3, -0.25) is 4.79 Å². The summed E-state index contributed by atoms with van der Waals surface area (Å²) in [6.45, 7) is 2.07. The molecule has 0 saturated heterocycles. The highest BCUT2D eigenvalue weighted by Crippen LogP contribution is 2.45. The molecule has 1 aliphatic heterocycles. The lowest BCUT2D eigenvalue weighted by atomic mass is 9.79. The van der Waals surface area contributed by atoms with Gasteiger partial charge in [-0.25, -0.2) is 0 Å². The molecular formula is C16H16N2OS2. The summed E-state index contributed by atoms with van der Waals surface area (Å²) >= 11 is 3.27. The summed E-state index contributed by atoms with van der Waals surface area (Å²) in [6, 6.07) is 6.36. The van der Waals surface area contributed by atoms with Crippen molar-refractivity contribution in [2.45, 2.75) is 32.1 Å². The van der Waals surface area contributed by atoms with Crippen LogP contribution in [0.15, 0.2) is 39.4 Å². The molecule has 1 atom stereocenters. The number of ketones is 1. The molecule has 21 heavy (non-hydrogen) atoms. The Morgan fingerprint density at radius 3 is 3.05 bits per heavy atom. The smallest absolute Gasteiger partial charge is 0.161 e. The number of hydrogen-bond donors (Lipinski definition) is 1. The summed E-state index contributed by atoms with van der Waals surface area (Å²) in [7, 11) is 0. The summed E-state index contributed by atoms with van der Waals surface area (Å²) in [5, 5.41) is 15.9. The van der Waals surface area contributed by atoms with Gasteiger partial charge in [0.15, 0.2) is 5.78 Å². The van der Waals surface area contributed by atoms with Crippen molar-refractivity contribution in [2.24, 2.45) is 0 Å². The van der Waals surface area contributed by atoms with Crippen molar-refractivity contribution in [3.8, 4) is 6.07 Å². The van der Waals surface area contributed by atoms with Crippen LogP contribution in [-0.4, -0.2) is 11.5 Å². The summed E-state index contributed by atoms with van der Waals surface area (Å²) in [4.78, 5) is 13.5. The molecule has 3 nitrogen and oxygen atoms in total. The third-order valence-corrected chi connectivity index (χ3v) is 5.62.